The molecule has 1 aliphatic heterocycles. The minimum Gasteiger partial charge on any atom is -0.465 e. The van der Waals surface area contributed by atoms with Crippen LogP contribution in [-0.2, 0) is 19.1 Å². The van der Waals surface area contributed by atoms with E-state index in [1.165, 1.54) is 25.3 Å². The number of rotatable bonds is 8. The first-order valence-electron chi connectivity index (χ1n) is 12.4. The molecular weight excluding hydrogens is 510 g/mol. The fourth-order valence-corrected chi connectivity index (χ4v) is 4.76. The number of cyclic esters (lactones) is 1. The topological polar surface area (TPSA) is 116 Å². The van der Waals surface area contributed by atoms with Crippen molar-refractivity contribution >= 4 is 35.1 Å². The number of amides is 1. The minimum atomic E-state index is -1.69. The lowest BCUT2D eigenvalue weighted by atomic mass is 9.82. The number of methoxy groups -OCH3 is 1. The molecule has 1 amide bonds. The smallest absolute Gasteiger partial charge is 0.339 e. The maximum absolute atomic E-state index is 14.2. The van der Waals surface area contributed by atoms with E-state index < -0.39 is 41.4 Å². The van der Waals surface area contributed by atoms with Gasteiger partial charge < -0.3 is 14.8 Å². The Bertz CT molecular complexity index is 1640. The quantitative estimate of drug-likeness (QED) is 0.146. The monoisotopic (exact) mass is 533 g/mol. The van der Waals surface area contributed by atoms with Crippen LogP contribution in [0.5, 0.6) is 0 Å². The molecular formula is C32H23NO7. The Morgan fingerprint density at radius 2 is 1.35 bits per heavy atom. The van der Waals surface area contributed by atoms with Gasteiger partial charge in [-0.15, -0.1) is 0 Å². The van der Waals surface area contributed by atoms with Crippen LogP contribution in [0, 0.1) is 5.92 Å². The molecule has 4 aromatic rings. The van der Waals surface area contributed by atoms with Gasteiger partial charge in [-0.3, -0.25) is 14.4 Å². The largest absolute Gasteiger partial charge is 0.465 e. The van der Waals surface area contributed by atoms with Gasteiger partial charge in [0.25, 0.3) is 5.91 Å². The number of anilines is 1. The van der Waals surface area contributed by atoms with E-state index in [-0.39, 0.29) is 22.4 Å². The summed E-state index contributed by atoms with van der Waals surface area (Å²) in [5.74, 6) is -6.06. The van der Waals surface area contributed by atoms with E-state index in [0.29, 0.717) is 11.1 Å². The molecule has 0 saturated heterocycles. The van der Waals surface area contributed by atoms with Gasteiger partial charge in [-0.2, -0.15) is 0 Å². The fourth-order valence-electron chi connectivity index (χ4n) is 4.76. The van der Waals surface area contributed by atoms with Crippen molar-refractivity contribution in [2.24, 2.45) is 5.92 Å². The number of ether oxygens (including phenoxy) is 2. The molecule has 0 radical (unpaired) electrons. The first kappa shape index (κ1) is 26.2. The van der Waals surface area contributed by atoms with Crippen LogP contribution >= 0.6 is 0 Å². The van der Waals surface area contributed by atoms with Crippen molar-refractivity contribution in [2.75, 3.05) is 12.4 Å². The third-order valence-corrected chi connectivity index (χ3v) is 6.67. The number of ketones is 2. The van der Waals surface area contributed by atoms with Crippen molar-refractivity contribution < 1.29 is 33.4 Å². The summed E-state index contributed by atoms with van der Waals surface area (Å²) >= 11 is 0. The molecule has 8 heteroatoms. The van der Waals surface area contributed by atoms with Gasteiger partial charge in [0.15, 0.2) is 5.78 Å². The molecule has 2 atom stereocenters. The molecule has 5 rings (SSSR count). The lowest BCUT2D eigenvalue weighted by Gasteiger charge is -2.22. The van der Waals surface area contributed by atoms with Crippen molar-refractivity contribution in [1.29, 1.82) is 0 Å². The summed E-state index contributed by atoms with van der Waals surface area (Å²) in [5.41, 5.74) is 2.09. The number of para-hydroxylation sites is 1. The molecule has 0 bridgehead atoms. The summed E-state index contributed by atoms with van der Waals surface area (Å²) in [6.07, 6.45) is -1.32. The summed E-state index contributed by atoms with van der Waals surface area (Å²) in [7, 11) is 1.19. The highest BCUT2D eigenvalue weighted by atomic mass is 16.6. The summed E-state index contributed by atoms with van der Waals surface area (Å²) in [6, 6.07) is 28.3. The average molecular weight is 534 g/mol. The number of carbonyl (C=O) groups is 5. The van der Waals surface area contributed by atoms with E-state index >= 15 is 0 Å². The first-order chi connectivity index (χ1) is 19.4. The van der Waals surface area contributed by atoms with Gasteiger partial charge in [-0.1, -0.05) is 84.9 Å². The van der Waals surface area contributed by atoms with E-state index in [9.17, 15) is 24.0 Å². The predicted octanol–water partition coefficient (Wildman–Crippen LogP) is 5.06. The molecule has 40 heavy (non-hydrogen) atoms. The molecule has 0 fully saturated rings. The summed E-state index contributed by atoms with van der Waals surface area (Å²) < 4.78 is 10.3. The second kappa shape index (κ2) is 11.2. The van der Waals surface area contributed by atoms with Crippen LogP contribution in [0.3, 0.4) is 0 Å². The standard InChI is InChI=1S/C32H23NO7/c1-39-31(37)24-17-9-10-18-25(24)33-30(36)28(35)26(29-22-15-7-8-16-23(22)32(38)40-29)27(34)21-14-6-5-13-20(21)19-11-3-2-4-12-19/h2-18,26,29H,1H3,(H,33,36)/t26-,29+/m1/s1. The Kier molecular flexibility index (Phi) is 7.33. The van der Waals surface area contributed by atoms with E-state index in [1.807, 2.05) is 30.3 Å². The number of Topliss-reactive ketones (excluding diaryl/α,β-unsaturated/α-hetero) is 2. The number of carbonyl (C=O) groups excluding carboxylic acids is 5. The summed E-state index contributed by atoms with van der Waals surface area (Å²) in [5, 5.41) is 2.44. The van der Waals surface area contributed by atoms with Crippen LogP contribution in [0.15, 0.2) is 103 Å². The molecule has 1 N–H and O–H groups in total. The van der Waals surface area contributed by atoms with Crippen molar-refractivity contribution in [1.82, 2.24) is 0 Å². The van der Waals surface area contributed by atoms with Gasteiger partial charge in [-0.05, 0) is 29.3 Å². The molecule has 8 nitrogen and oxygen atoms in total. The fraction of sp³-hybridized carbons (Fsp3) is 0.0938. The molecule has 0 unspecified atom stereocenters. The van der Waals surface area contributed by atoms with Crippen molar-refractivity contribution in [2.45, 2.75) is 6.10 Å². The highest BCUT2D eigenvalue weighted by Gasteiger charge is 2.46. The molecule has 4 aromatic carbocycles. The van der Waals surface area contributed by atoms with Gasteiger partial charge in [0, 0.05) is 11.1 Å². The van der Waals surface area contributed by atoms with Gasteiger partial charge >= 0.3 is 11.9 Å². The van der Waals surface area contributed by atoms with Crippen LogP contribution < -0.4 is 5.32 Å². The molecule has 0 spiro atoms. The third-order valence-electron chi connectivity index (χ3n) is 6.67. The first-order valence-corrected chi connectivity index (χ1v) is 12.4. The number of benzene rings is 4. The van der Waals surface area contributed by atoms with Crippen molar-refractivity contribution in [3.05, 3.63) is 125 Å². The van der Waals surface area contributed by atoms with Crippen LogP contribution in [-0.4, -0.2) is 36.5 Å². The predicted molar refractivity (Wildman–Crippen MR) is 146 cm³/mol. The van der Waals surface area contributed by atoms with E-state index in [2.05, 4.69) is 5.32 Å². The Balaban J connectivity index is 1.57. The molecule has 0 aliphatic carbocycles. The minimum absolute atomic E-state index is 0.0288. The number of nitrogens with one attached hydrogen (secondary N) is 1. The average Bonchev–Trinajstić information content (AvgIpc) is 3.33. The molecule has 0 saturated carbocycles. The molecule has 198 valence electrons. The maximum Gasteiger partial charge on any atom is 0.339 e. The zero-order valence-electron chi connectivity index (χ0n) is 21.3. The molecule has 1 aliphatic rings. The van der Waals surface area contributed by atoms with Crippen LogP contribution in [0.2, 0.25) is 0 Å². The SMILES string of the molecule is COC(=O)c1ccccc1NC(=O)C(=O)[C@@H](C(=O)c1ccccc1-c1ccccc1)[C@H]1OC(=O)c2ccccc21. The normalized spacial score (nSPS) is 14.4. The van der Waals surface area contributed by atoms with E-state index in [0.717, 1.165) is 5.56 Å². The Morgan fingerprint density at radius 3 is 2.08 bits per heavy atom. The number of esters is 2. The van der Waals surface area contributed by atoms with E-state index in [1.54, 1.807) is 54.6 Å². The maximum atomic E-state index is 14.2. The number of hydrogen-bond donors (Lipinski definition) is 1. The third kappa shape index (κ3) is 4.90. The Morgan fingerprint density at radius 1 is 0.750 bits per heavy atom. The van der Waals surface area contributed by atoms with Gasteiger partial charge in [0.1, 0.15) is 12.0 Å². The van der Waals surface area contributed by atoms with Crippen LogP contribution in [0.4, 0.5) is 5.69 Å². The van der Waals surface area contributed by atoms with E-state index in [4.69, 9.17) is 9.47 Å². The highest BCUT2D eigenvalue weighted by molar-refractivity contribution is 6.45. The lowest BCUT2D eigenvalue weighted by Crippen LogP contribution is -2.38. The summed E-state index contributed by atoms with van der Waals surface area (Å²) in [4.78, 5) is 66.2. The lowest BCUT2D eigenvalue weighted by molar-refractivity contribution is -0.138. The number of fused-ring (bicyclic) bond motifs is 1. The molecule has 1 heterocycles. The second-order valence-corrected chi connectivity index (χ2v) is 9.02. The zero-order valence-corrected chi connectivity index (χ0v) is 21.3. The van der Waals surface area contributed by atoms with Gasteiger partial charge in [0.2, 0.25) is 5.78 Å². The van der Waals surface area contributed by atoms with Gasteiger partial charge in [-0.25, -0.2) is 9.59 Å². The van der Waals surface area contributed by atoms with Crippen LogP contribution in [0.25, 0.3) is 11.1 Å². The van der Waals surface area contributed by atoms with Gasteiger partial charge in [0.05, 0.1) is 23.9 Å². The van der Waals surface area contributed by atoms with Crippen LogP contribution in [0.1, 0.15) is 42.7 Å². The molecule has 0 aromatic heterocycles. The van der Waals surface area contributed by atoms with Crippen molar-refractivity contribution in [3.63, 3.8) is 0 Å². The van der Waals surface area contributed by atoms with Crippen molar-refractivity contribution in [3.8, 4) is 11.1 Å². The zero-order chi connectivity index (χ0) is 28.2. The Hall–Kier alpha value is -5.37. The second-order valence-electron chi connectivity index (χ2n) is 9.02. The Labute approximate surface area is 229 Å². The number of hydrogen-bond acceptors (Lipinski definition) is 7. The highest BCUT2D eigenvalue weighted by Crippen LogP contribution is 2.39. The summed E-state index contributed by atoms with van der Waals surface area (Å²) in [6.45, 7) is 0.